The molecule has 0 aliphatic rings. The van der Waals surface area contributed by atoms with Gasteiger partial charge in [-0.1, -0.05) is 60.1 Å². The molecule has 1 N–H and O–H groups in total. The van der Waals surface area contributed by atoms with Gasteiger partial charge in [-0.15, -0.1) is 0 Å². The lowest BCUT2D eigenvalue weighted by Gasteiger charge is -2.07. The molecule has 4 rings (SSSR count). The van der Waals surface area contributed by atoms with Gasteiger partial charge in [0.2, 0.25) is 15.7 Å². The smallest absolute Gasteiger partial charge is 0.239 e. The van der Waals surface area contributed by atoms with Gasteiger partial charge in [-0.3, -0.25) is 4.79 Å². The maximum atomic E-state index is 13.2. The average molecular weight is 467 g/mol. The van der Waals surface area contributed by atoms with E-state index in [1.807, 2.05) is 30.3 Å². The molecule has 32 heavy (non-hydrogen) atoms. The number of nitrogens with one attached hydrogen (secondary N) is 1. The summed E-state index contributed by atoms with van der Waals surface area (Å²) >= 11 is 5.91. The van der Waals surface area contributed by atoms with Gasteiger partial charge >= 0.3 is 0 Å². The molecule has 5 nitrogen and oxygen atoms in total. The third kappa shape index (κ3) is 4.87. The van der Waals surface area contributed by atoms with Crippen molar-refractivity contribution < 1.29 is 13.2 Å². The molecular formula is C25H23ClN2O3S. The fourth-order valence-electron chi connectivity index (χ4n) is 3.67. The van der Waals surface area contributed by atoms with Gasteiger partial charge in [-0.05, 0) is 48.7 Å². The summed E-state index contributed by atoms with van der Waals surface area (Å²) in [5, 5.41) is 3.98. The number of rotatable bonds is 8. The van der Waals surface area contributed by atoms with Gasteiger partial charge in [0.1, 0.15) is 6.54 Å². The van der Waals surface area contributed by atoms with E-state index in [4.69, 9.17) is 11.6 Å². The first-order valence-electron chi connectivity index (χ1n) is 10.3. The van der Waals surface area contributed by atoms with Crippen molar-refractivity contribution in [3.63, 3.8) is 0 Å². The molecule has 7 heteroatoms. The van der Waals surface area contributed by atoms with Crippen molar-refractivity contribution >= 4 is 38.2 Å². The lowest BCUT2D eigenvalue weighted by atomic mass is 10.1. The number of sulfone groups is 1. The van der Waals surface area contributed by atoms with E-state index in [9.17, 15) is 13.2 Å². The Balaban J connectivity index is 1.50. The molecule has 0 saturated heterocycles. The molecule has 1 heterocycles. The predicted octanol–water partition coefficient (Wildman–Crippen LogP) is 4.88. The van der Waals surface area contributed by atoms with Gasteiger partial charge in [0.25, 0.3) is 0 Å². The lowest BCUT2D eigenvalue weighted by molar-refractivity contribution is -0.121. The lowest BCUT2D eigenvalue weighted by Crippen LogP contribution is -2.28. The number of nitrogens with zero attached hydrogens (tertiary/aromatic N) is 1. The third-order valence-electron chi connectivity index (χ3n) is 5.29. The van der Waals surface area contributed by atoms with Gasteiger partial charge < -0.3 is 9.88 Å². The van der Waals surface area contributed by atoms with Crippen LogP contribution in [0.5, 0.6) is 0 Å². The van der Waals surface area contributed by atoms with Crippen LogP contribution in [0.25, 0.3) is 10.9 Å². The van der Waals surface area contributed by atoms with Crippen molar-refractivity contribution in [2.24, 2.45) is 0 Å². The molecule has 0 aliphatic carbocycles. The molecule has 4 aromatic rings. The summed E-state index contributed by atoms with van der Waals surface area (Å²) in [5.41, 5.74) is 1.93. The SMILES string of the molecule is O=C(Cn1cc(S(=O)(=O)c2ccc(Cl)cc2)c2ccccc21)NCCCc1ccccc1. The number of aryl methyl sites for hydroxylation is 1. The van der Waals surface area contributed by atoms with Crippen LogP contribution < -0.4 is 5.32 Å². The van der Waals surface area contributed by atoms with Crippen LogP contribution in [0, 0.1) is 0 Å². The van der Waals surface area contributed by atoms with E-state index >= 15 is 0 Å². The number of benzene rings is 3. The monoisotopic (exact) mass is 466 g/mol. The Morgan fingerprint density at radius 1 is 0.906 bits per heavy atom. The van der Waals surface area contributed by atoms with E-state index in [0.717, 1.165) is 12.8 Å². The molecule has 0 unspecified atom stereocenters. The number of fused-ring (bicyclic) bond motifs is 1. The molecule has 164 valence electrons. The molecule has 0 spiro atoms. The van der Waals surface area contributed by atoms with Gasteiger partial charge in [-0.2, -0.15) is 0 Å². The summed E-state index contributed by atoms with van der Waals surface area (Å²) in [6, 6.07) is 23.4. The molecule has 0 atom stereocenters. The number of hydrogen-bond acceptors (Lipinski definition) is 3. The van der Waals surface area contributed by atoms with E-state index in [-0.39, 0.29) is 22.2 Å². The van der Waals surface area contributed by atoms with E-state index < -0.39 is 9.84 Å². The highest BCUT2D eigenvalue weighted by Gasteiger charge is 2.23. The molecule has 0 aliphatic heterocycles. The predicted molar refractivity (Wildman–Crippen MR) is 127 cm³/mol. The first-order valence-corrected chi connectivity index (χ1v) is 12.2. The second kappa shape index (κ2) is 9.59. The quantitative estimate of drug-likeness (QED) is 0.376. The molecule has 0 bridgehead atoms. The van der Waals surface area contributed by atoms with Crippen LogP contribution in [0.3, 0.4) is 0 Å². The summed E-state index contributed by atoms with van der Waals surface area (Å²) in [5.74, 6) is -0.158. The zero-order valence-corrected chi connectivity index (χ0v) is 18.9. The Morgan fingerprint density at radius 3 is 2.34 bits per heavy atom. The highest BCUT2D eigenvalue weighted by Crippen LogP contribution is 2.30. The fraction of sp³-hybridized carbons (Fsp3) is 0.160. The van der Waals surface area contributed by atoms with Crippen LogP contribution in [0.1, 0.15) is 12.0 Å². The minimum absolute atomic E-state index is 0.0436. The van der Waals surface area contributed by atoms with Crippen LogP contribution in [0.15, 0.2) is 94.9 Å². The number of carbonyl (C=O) groups is 1. The van der Waals surface area contributed by atoms with E-state index in [1.54, 1.807) is 28.8 Å². The van der Waals surface area contributed by atoms with Crippen LogP contribution in [0.4, 0.5) is 0 Å². The van der Waals surface area contributed by atoms with Crippen LogP contribution in [-0.2, 0) is 27.6 Å². The first kappa shape index (κ1) is 22.1. The molecule has 1 amide bonds. The minimum atomic E-state index is -3.76. The number of amides is 1. The second-order valence-electron chi connectivity index (χ2n) is 7.53. The minimum Gasteiger partial charge on any atom is -0.355 e. The number of halogens is 1. The van der Waals surface area contributed by atoms with Gasteiger partial charge in [0, 0.05) is 28.7 Å². The van der Waals surface area contributed by atoms with E-state index in [0.29, 0.717) is 22.5 Å². The molecular weight excluding hydrogens is 444 g/mol. The first-order chi connectivity index (χ1) is 15.4. The number of para-hydroxylation sites is 1. The maximum Gasteiger partial charge on any atom is 0.239 e. The van der Waals surface area contributed by atoms with Gasteiger partial charge in [-0.25, -0.2) is 8.42 Å². The Morgan fingerprint density at radius 2 is 1.59 bits per heavy atom. The van der Waals surface area contributed by atoms with Crippen molar-refractivity contribution in [3.8, 4) is 0 Å². The summed E-state index contributed by atoms with van der Waals surface area (Å²) in [7, 11) is -3.76. The highest BCUT2D eigenvalue weighted by molar-refractivity contribution is 7.91. The van der Waals surface area contributed by atoms with E-state index in [2.05, 4.69) is 17.4 Å². The normalized spacial score (nSPS) is 11.5. The Kier molecular flexibility index (Phi) is 6.63. The number of aromatic nitrogens is 1. The average Bonchev–Trinajstić information content (AvgIpc) is 3.17. The van der Waals surface area contributed by atoms with Crippen molar-refractivity contribution in [2.45, 2.75) is 29.2 Å². The fourth-order valence-corrected chi connectivity index (χ4v) is 5.28. The van der Waals surface area contributed by atoms with Crippen LogP contribution in [0.2, 0.25) is 5.02 Å². The topological polar surface area (TPSA) is 68.2 Å². The van der Waals surface area contributed by atoms with Crippen molar-refractivity contribution in [3.05, 3.63) is 95.6 Å². The third-order valence-corrected chi connectivity index (χ3v) is 7.34. The van der Waals surface area contributed by atoms with Crippen molar-refractivity contribution in [2.75, 3.05) is 6.54 Å². The molecule has 0 radical (unpaired) electrons. The van der Waals surface area contributed by atoms with Crippen molar-refractivity contribution in [1.29, 1.82) is 0 Å². The second-order valence-corrected chi connectivity index (χ2v) is 9.89. The van der Waals surface area contributed by atoms with Gasteiger partial charge in [0.15, 0.2) is 0 Å². The summed E-state index contributed by atoms with van der Waals surface area (Å²) in [4.78, 5) is 12.9. The number of hydrogen-bond donors (Lipinski definition) is 1. The zero-order chi connectivity index (χ0) is 22.6. The number of carbonyl (C=O) groups excluding carboxylic acids is 1. The van der Waals surface area contributed by atoms with E-state index in [1.165, 1.54) is 23.9 Å². The van der Waals surface area contributed by atoms with Crippen molar-refractivity contribution in [1.82, 2.24) is 9.88 Å². The largest absolute Gasteiger partial charge is 0.355 e. The van der Waals surface area contributed by atoms with Crippen LogP contribution >= 0.6 is 11.6 Å². The van der Waals surface area contributed by atoms with Crippen LogP contribution in [-0.4, -0.2) is 25.4 Å². The summed E-state index contributed by atoms with van der Waals surface area (Å²) in [6.07, 6.45) is 3.26. The zero-order valence-electron chi connectivity index (χ0n) is 17.4. The Hall–Kier alpha value is -3.09. The van der Waals surface area contributed by atoms with Gasteiger partial charge in [0.05, 0.1) is 9.79 Å². The highest BCUT2D eigenvalue weighted by atomic mass is 35.5. The molecule has 0 saturated carbocycles. The Labute approximate surface area is 192 Å². The molecule has 3 aromatic carbocycles. The standard InChI is InChI=1S/C25H23ClN2O3S/c26-20-12-14-21(15-13-20)32(30,31)24-17-28(23-11-5-4-10-22(23)24)18-25(29)27-16-6-9-19-7-2-1-3-8-19/h1-5,7-8,10-15,17H,6,9,16,18H2,(H,27,29). The molecule has 0 fully saturated rings. The maximum absolute atomic E-state index is 13.2. The Bertz CT molecular complexity index is 1330. The summed E-state index contributed by atoms with van der Waals surface area (Å²) < 4.78 is 28.2. The summed E-state index contributed by atoms with van der Waals surface area (Å²) in [6.45, 7) is 0.602. The molecule has 1 aromatic heterocycles.